The SMILES string of the molecule is Cc1nsc(NC(=O)NC[C@H](CC(=O)O)CC(C)C)n1. The monoisotopic (exact) mass is 300 g/mol. The molecule has 0 aromatic carbocycles. The molecule has 0 saturated heterocycles. The van der Waals surface area contributed by atoms with Crippen LogP contribution in [0, 0.1) is 18.8 Å². The van der Waals surface area contributed by atoms with Crippen LogP contribution in [0.15, 0.2) is 0 Å². The molecular weight excluding hydrogens is 280 g/mol. The van der Waals surface area contributed by atoms with Gasteiger partial charge in [0, 0.05) is 24.5 Å². The summed E-state index contributed by atoms with van der Waals surface area (Å²) in [6, 6.07) is -0.389. The number of carbonyl (C=O) groups is 2. The van der Waals surface area contributed by atoms with Crippen molar-refractivity contribution in [2.75, 3.05) is 11.9 Å². The Labute approximate surface area is 122 Å². The summed E-state index contributed by atoms with van der Waals surface area (Å²) in [6.45, 7) is 6.12. The van der Waals surface area contributed by atoms with Crippen LogP contribution >= 0.6 is 11.5 Å². The predicted octanol–water partition coefficient (Wildman–Crippen LogP) is 2.11. The van der Waals surface area contributed by atoms with Crippen molar-refractivity contribution in [3.05, 3.63) is 5.82 Å². The van der Waals surface area contributed by atoms with E-state index in [1.54, 1.807) is 6.92 Å². The summed E-state index contributed by atoms with van der Waals surface area (Å²) in [5.74, 6) is 0.0656. The summed E-state index contributed by atoms with van der Waals surface area (Å²) < 4.78 is 3.95. The van der Waals surface area contributed by atoms with Crippen LogP contribution in [0.5, 0.6) is 0 Å². The maximum absolute atomic E-state index is 11.7. The van der Waals surface area contributed by atoms with Crippen molar-refractivity contribution in [2.24, 2.45) is 11.8 Å². The minimum atomic E-state index is -0.849. The van der Waals surface area contributed by atoms with E-state index >= 15 is 0 Å². The normalized spacial score (nSPS) is 12.2. The summed E-state index contributed by atoms with van der Waals surface area (Å²) in [7, 11) is 0. The first-order valence-corrected chi connectivity index (χ1v) is 7.21. The highest BCUT2D eigenvalue weighted by molar-refractivity contribution is 7.09. The number of aryl methyl sites for hydroxylation is 1. The second-order valence-electron chi connectivity index (χ2n) is 5.08. The lowest BCUT2D eigenvalue weighted by Crippen LogP contribution is -2.34. The number of aromatic nitrogens is 2. The van der Waals surface area contributed by atoms with Crippen LogP contribution in [0.3, 0.4) is 0 Å². The molecule has 3 N–H and O–H groups in total. The number of hydrogen-bond donors (Lipinski definition) is 3. The average molecular weight is 300 g/mol. The molecule has 0 bridgehead atoms. The largest absolute Gasteiger partial charge is 0.481 e. The molecule has 0 spiro atoms. The third kappa shape index (κ3) is 6.46. The van der Waals surface area contributed by atoms with Gasteiger partial charge in [0.1, 0.15) is 5.82 Å². The summed E-state index contributed by atoms with van der Waals surface area (Å²) in [5.41, 5.74) is 0. The molecule has 0 radical (unpaired) electrons. The summed E-state index contributed by atoms with van der Waals surface area (Å²) >= 11 is 1.11. The van der Waals surface area contributed by atoms with Crippen LogP contribution in [-0.2, 0) is 4.79 Å². The average Bonchev–Trinajstić information content (AvgIpc) is 2.70. The van der Waals surface area contributed by atoms with E-state index in [4.69, 9.17) is 5.11 Å². The van der Waals surface area contributed by atoms with Gasteiger partial charge in [0.05, 0.1) is 0 Å². The predicted molar refractivity (Wildman–Crippen MR) is 76.9 cm³/mol. The number of amides is 2. The second-order valence-corrected chi connectivity index (χ2v) is 5.83. The smallest absolute Gasteiger partial charge is 0.321 e. The van der Waals surface area contributed by atoms with Crippen molar-refractivity contribution < 1.29 is 14.7 Å². The molecule has 0 aliphatic rings. The van der Waals surface area contributed by atoms with Crippen molar-refractivity contribution >= 4 is 28.7 Å². The molecule has 0 aliphatic heterocycles. The van der Waals surface area contributed by atoms with Crippen LogP contribution in [-0.4, -0.2) is 33.0 Å². The topological polar surface area (TPSA) is 104 Å². The van der Waals surface area contributed by atoms with Crippen LogP contribution in [0.25, 0.3) is 0 Å². The molecule has 8 heteroatoms. The Kier molecular flexibility index (Phi) is 6.37. The number of aliphatic carboxylic acids is 1. The fourth-order valence-electron chi connectivity index (χ4n) is 1.88. The third-order valence-corrected chi connectivity index (χ3v) is 3.29. The van der Waals surface area contributed by atoms with Crippen molar-refractivity contribution in [1.82, 2.24) is 14.7 Å². The van der Waals surface area contributed by atoms with Crippen molar-refractivity contribution in [1.29, 1.82) is 0 Å². The minimum Gasteiger partial charge on any atom is -0.481 e. The van der Waals surface area contributed by atoms with E-state index in [2.05, 4.69) is 20.0 Å². The molecule has 7 nitrogen and oxygen atoms in total. The van der Waals surface area contributed by atoms with Crippen molar-refractivity contribution in [2.45, 2.75) is 33.6 Å². The Balaban J connectivity index is 2.41. The molecule has 2 amide bonds. The van der Waals surface area contributed by atoms with Crippen LogP contribution in [0.1, 0.15) is 32.5 Å². The lowest BCUT2D eigenvalue weighted by Gasteiger charge is -2.17. The van der Waals surface area contributed by atoms with Gasteiger partial charge in [-0.2, -0.15) is 4.37 Å². The zero-order valence-electron chi connectivity index (χ0n) is 11.8. The van der Waals surface area contributed by atoms with E-state index in [9.17, 15) is 9.59 Å². The molecule has 1 heterocycles. The molecule has 20 heavy (non-hydrogen) atoms. The Bertz CT molecular complexity index is 461. The van der Waals surface area contributed by atoms with Gasteiger partial charge in [-0.1, -0.05) is 13.8 Å². The van der Waals surface area contributed by atoms with E-state index in [0.29, 0.717) is 23.4 Å². The molecule has 0 fully saturated rings. The van der Waals surface area contributed by atoms with Gasteiger partial charge in [-0.05, 0) is 25.2 Å². The molecule has 0 unspecified atom stereocenters. The highest BCUT2D eigenvalue weighted by Gasteiger charge is 2.16. The van der Waals surface area contributed by atoms with E-state index in [1.165, 1.54) is 0 Å². The summed E-state index contributed by atoms with van der Waals surface area (Å²) in [4.78, 5) is 26.5. The Morgan fingerprint density at radius 3 is 2.60 bits per heavy atom. The zero-order chi connectivity index (χ0) is 15.1. The molecule has 0 saturated carbocycles. The summed E-state index contributed by atoms with van der Waals surface area (Å²) in [6.07, 6.45) is 0.806. The number of nitrogens with one attached hydrogen (secondary N) is 2. The molecule has 112 valence electrons. The quantitative estimate of drug-likeness (QED) is 0.715. The lowest BCUT2D eigenvalue weighted by atomic mass is 9.94. The fourth-order valence-corrected chi connectivity index (χ4v) is 2.45. The number of urea groups is 1. The third-order valence-electron chi connectivity index (χ3n) is 2.57. The first-order chi connectivity index (χ1) is 9.36. The maximum Gasteiger partial charge on any atom is 0.321 e. The second kappa shape index (κ2) is 7.78. The van der Waals surface area contributed by atoms with Gasteiger partial charge in [-0.15, -0.1) is 0 Å². The van der Waals surface area contributed by atoms with Gasteiger partial charge in [0.15, 0.2) is 0 Å². The number of carboxylic acid groups (broad SMARTS) is 1. The zero-order valence-corrected chi connectivity index (χ0v) is 12.7. The number of nitrogens with zero attached hydrogens (tertiary/aromatic N) is 2. The maximum atomic E-state index is 11.7. The van der Waals surface area contributed by atoms with Crippen LogP contribution in [0.4, 0.5) is 9.93 Å². The number of rotatable bonds is 7. The number of anilines is 1. The molecule has 1 aromatic rings. The molecular formula is C12H20N4O3S. The number of carbonyl (C=O) groups excluding carboxylic acids is 1. The van der Waals surface area contributed by atoms with E-state index < -0.39 is 5.97 Å². The van der Waals surface area contributed by atoms with E-state index in [1.807, 2.05) is 13.8 Å². The first kappa shape index (κ1) is 16.4. The van der Waals surface area contributed by atoms with E-state index in [0.717, 1.165) is 18.0 Å². The van der Waals surface area contributed by atoms with E-state index in [-0.39, 0.29) is 18.4 Å². The molecule has 1 atom stereocenters. The van der Waals surface area contributed by atoms with Gasteiger partial charge >= 0.3 is 12.0 Å². The Morgan fingerprint density at radius 1 is 1.40 bits per heavy atom. The fraction of sp³-hybridized carbons (Fsp3) is 0.667. The van der Waals surface area contributed by atoms with Gasteiger partial charge in [-0.3, -0.25) is 10.1 Å². The Hall–Kier alpha value is -1.70. The number of hydrogen-bond acceptors (Lipinski definition) is 5. The highest BCUT2D eigenvalue weighted by atomic mass is 32.1. The van der Waals surface area contributed by atoms with Gasteiger partial charge in [0.25, 0.3) is 0 Å². The lowest BCUT2D eigenvalue weighted by molar-refractivity contribution is -0.138. The van der Waals surface area contributed by atoms with Crippen molar-refractivity contribution in [3.8, 4) is 0 Å². The molecule has 0 aliphatic carbocycles. The van der Waals surface area contributed by atoms with Crippen LogP contribution < -0.4 is 10.6 Å². The number of carboxylic acids is 1. The van der Waals surface area contributed by atoms with Gasteiger partial charge < -0.3 is 10.4 Å². The summed E-state index contributed by atoms with van der Waals surface area (Å²) in [5, 5.41) is 14.5. The van der Waals surface area contributed by atoms with Crippen molar-refractivity contribution in [3.63, 3.8) is 0 Å². The van der Waals surface area contributed by atoms with Gasteiger partial charge in [-0.25, -0.2) is 9.78 Å². The van der Waals surface area contributed by atoms with Gasteiger partial charge in [0.2, 0.25) is 5.13 Å². The minimum absolute atomic E-state index is 0.0520. The Morgan fingerprint density at radius 2 is 2.10 bits per heavy atom. The standard InChI is InChI=1S/C12H20N4O3S/c1-7(2)4-9(5-10(17)18)6-13-11(19)15-12-14-8(3)16-20-12/h7,9H,4-6H2,1-3H3,(H,17,18)(H2,13,14,15,16,19)/t9-/m0/s1. The first-order valence-electron chi connectivity index (χ1n) is 6.43. The van der Waals surface area contributed by atoms with Crippen LogP contribution in [0.2, 0.25) is 0 Å². The molecule has 1 rings (SSSR count). The highest BCUT2D eigenvalue weighted by Crippen LogP contribution is 2.15. The molecule has 1 aromatic heterocycles.